The minimum absolute atomic E-state index is 0.0789. The number of aryl methyl sites for hydroxylation is 1. The lowest BCUT2D eigenvalue weighted by Crippen LogP contribution is -2.39. The van der Waals surface area contributed by atoms with Crippen LogP contribution >= 0.6 is 11.8 Å². The van der Waals surface area contributed by atoms with E-state index in [-0.39, 0.29) is 11.2 Å². The summed E-state index contributed by atoms with van der Waals surface area (Å²) in [7, 11) is 0. The Balaban J connectivity index is 1.41. The van der Waals surface area contributed by atoms with Gasteiger partial charge in [0.25, 0.3) is 0 Å². The molecule has 3 nitrogen and oxygen atoms in total. The van der Waals surface area contributed by atoms with Gasteiger partial charge in [0.1, 0.15) is 0 Å². The van der Waals surface area contributed by atoms with Crippen LogP contribution in [-0.4, -0.2) is 35.7 Å². The van der Waals surface area contributed by atoms with Gasteiger partial charge in [-0.05, 0) is 43.5 Å². The third kappa shape index (κ3) is 5.10. The van der Waals surface area contributed by atoms with Crippen LogP contribution in [0.5, 0.6) is 0 Å². The highest BCUT2D eigenvalue weighted by atomic mass is 32.2. The zero-order valence-corrected chi connectivity index (χ0v) is 15.8. The first-order chi connectivity index (χ1) is 12.1. The molecule has 2 aromatic rings. The maximum Gasteiger partial charge on any atom is 0.233 e. The number of hydrogen-bond donors (Lipinski definition) is 1. The van der Waals surface area contributed by atoms with Crippen LogP contribution in [0.25, 0.3) is 0 Å². The van der Waals surface area contributed by atoms with E-state index in [1.807, 2.05) is 6.92 Å². The summed E-state index contributed by atoms with van der Waals surface area (Å²) >= 11 is 1.61. The standard InChI is InChI=1S/C21H26N2OS/c1-16-7-9-20(10-8-16)25-17(2)21(24)22-12-14-23-13-11-18-5-3-4-6-19(18)15-23/h3-10,17H,11-15H2,1-2H3,(H,22,24). The van der Waals surface area contributed by atoms with Crippen molar-refractivity contribution >= 4 is 17.7 Å². The molecule has 0 radical (unpaired) electrons. The first kappa shape index (κ1) is 18.0. The molecule has 1 atom stereocenters. The maximum atomic E-state index is 12.3. The number of hydrogen-bond acceptors (Lipinski definition) is 3. The Labute approximate surface area is 154 Å². The van der Waals surface area contributed by atoms with Crippen LogP contribution in [-0.2, 0) is 17.8 Å². The topological polar surface area (TPSA) is 32.3 Å². The number of nitrogens with one attached hydrogen (secondary N) is 1. The van der Waals surface area contributed by atoms with Crippen LogP contribution in [0.4, 0.5) is 0 Å². The van der Waals surface area contributed by atoms with Crippen molar-refractivity contribution in [2.24, 2.45) is 0 Å². The van der Waals surface area contributed by atoms with E-state index in [9.17, 15) is 4.79 Å². The minimum atomic E-state index is -0.0789. The van der Waals surface area contributed by atoms with Gasteiger partial charge in [-0.3, -0.25) is 9.69 Å². The molecule has 1 amide bonds. The monoisotopic (exact) mass is 354 g/mol. The zero-order valence-electron chi connectivity index (χ0n) is 15.0. The first-order valence-electron chi connectivity index (χ1n) is 8.92. The van der Waals surface area contributed by atoms with Crippen LogP contribution in [0.15, 0.2) is 53.4 Å². The van der Waals surface area contributed by atoms with Crippen molar-refractivity contribution in [1.82, 2.24) is 10.2 Å². The first-order valence-corrected chi connectivity index (χ1v) is 9.80. The molecular formula is C21H26N2OS. The lowest BCUT2D eigenvalue weighted by atomic mass is 10.00. The number of fused-ring (bicyclic) bond motifs is 1. The van der Waals surface area contributed by atoms with E-state index in [0.717, 1.165) is 31.0 Å². The van der Waals surface area contributed by atoms with Gasteiger partial charge >= 0.3 is 0 Å². The molecule has 4 heteroatoms. The van der Waals surface area contributed by atoms with Gasteiger partial charge in [0.05, 0.1) is 5.25 Å². The molecule has 1 unspecified atom stereocenters. The molecule has 0 aliphatic carbocycles. The van der Waals surface area contributed by atoms with Crippen LogP contribution in [0.2, 0.25) is 0 Å². The van der Waals surface area contributed by atoms with E-state index in [2.05, 4.69) is 65.7 Å². The SMILES string of the molecule is Cc1ccc(SC(C)C(=O)NCCN2CCc3ccccc3C2)cc1. The number of rotatable bonds is 6. The Morgan fingerprint density at radius 2 is 1.88 bits per heavy atom. The van der Waals surface area contributed by atoms with Crippen molar-refractivity contribution in [2.45, 2.75) is 37.0 Å². The largest absolute Gasteiger partial charge is 0.354 e. The lowest BCUT2D eigenvalue weighted by Gasteiger charge is -2.28. The second-order valence-corrected chi connectivity index (χ2v) is 8.07. The molecule has 0 spiro atoms. The molecule has 0 aromatic heterocycles. The fraction of sp³-hybridized carbons (Fsp3) is 0.381. The summed E-state index contributed by atoms with van der Waals surface area (Å²) in [5.41, 5.74) is 4.12. The maximum absolute atomic E-state index is 12.3. The van der Waals surface area contributed by atoms with Gasteiger partial charge in [-0.25, -0.2) is 0 Å². The average Bonchev–Trinajstić information content (AvgIpc) is 2.63. The fourth-order valence-corrected chi connectivity index (χ4v) is 3.99. The molecule has 0 fully saturated rings. The zero-order chi connectivity index (χ0) is 17.6. The second kappa shape index (κ2) is 8.54. The van der Waals surface area contributed by atoms with Gasteiger partial charge in [0.15, 0.2) is 0 Å². The van der Waals surface area contributed by atoms with Gasteiger partial charge in [-0.2, -0.15) is 0 Å². The summed E-state index contributed by atoms with van der Waals surface area (Å²) in [5, 5.41) is 3.00. The minimum Gasteiger partial charge on any atom is -0.354 e. The van der Waals surface area contributed by atoms with Gasteiger partial charge in [0.2, 0.25) is 5.91 Å². The van der Waals surface area contributed by atoms with Gasteiger partial charge in [-0.1, -0.05) is 42.0 Å². The molecule has 132 valence electrons. The molecule has 0 saturated carbocycles. The second-order valence-electron chi connectivity index (χ2n) is 6.66. The number of nitrogens with zero attached hydrogens (tertiary/aromatic N) is 1. The van der Waals surface area contributed by atoms with Crippen molar-refractivity contribution in [3.05, 3.63) is 65.2 Å². The van der Waals surface area contributed by atoms with Crippen LogP contribution in [0, 0.1) is 6.92 Å². The molecule has 25 heavy (non-hydrogen) atoms. The summed E-state index contributed by atoms with van der Waals surface area (Å²) in [5.74, 6) is 0.114. The van der Waals surface area contributed by atoms with Crippen molar-refractivity contribution in [1.29, 1.82) is 0 Å². The van der Waals surface area contributed by atoms with E-state index in [1.54, 1.807) is 11.8 Å². The van der Waals surface area contributed by atoms with Gasteiger partial charge in [0, 0.05) is 31.1 Å². The Kier molecular flexibility index (Phi) is 6.16. The summed E-state index contributed by atoms with van der Waals surface area (Å²) in [6.45, 7) is 7.71. The molecule has 3 rings (SSSR count). The Hall–Kier alpha value is -1.78. The quantitative estimate of drug-likeness (QED) is 0.804. The summed E-state index contributed by atoms with van der Waals surface area (Å²) in [4.78, 5) is 15.9. The summed E-state index contributed by atoms with van der Waals surface area (Å²) in [6, 6.07) is 17.0. The van der Waals surface area contributed by atoms with Crippen molar-refractivity contribution < 1.29 is 4.79 Å². The fourth-order valence-electron chi connectivity index (χ4n) is 3.10. The van der Waals surface area contributed by atoms with E-state index >= 15 is 0 Å². The summed E-state index contributed by atoms with van der Waals surface area (Å²) < 4.78 is 0. The highest BCUT2D eigenvalue weighted by Crippen LogP contribution is 2.23. The number of carbonyl (C=O) groups excluding carboxylic acids is 1. The molecule has 0 bridgehead atoms. The molecule has 1 N–H and O–H groups in total. The average molecular weight is 355 g/mol. The van der Waals surface area contributed by atoms with Gasteiger partial charge < -0.3 is 5.32 Å². The van der Waals surface area contributed by atoms with E-state index < -0.39 is 0 Å². The number of thioether (sulfide) groups is 1. The molecule has 1 heterocycles. The predicted octanol–water partition coefficient (Wildman–Crippen LogP) is 3.65. The Morgan fingerprint density at radius 3 is 2.64 bits per heavy atom. The Morgan fingerprint density at radius 1 is 1.16 bits per heavy atom. The number of carbonyl (C=O) groups is 1. The third-order valence-electron chi connectivity index (χ3n) is 4.64. The number of amides is 1. The normalized spacial score (nSPS) is 15.4. The smallest absolute Gasteiger partial charge is 0.233 e. The highest BCUT2D eigenvalue weighted by molar-refractivity contribution is 8.00. The van der Waals surface area contributed by atoms with E-state index in [4.69, 9.17) is 0 Å². The molecule has 1 aliphatic rings. The summed E-state index contributed by atoms with van der Waals surface area (Å²) in [6.07, 6.45) is 1.10. The highest BCUT2D eigenvalue weighted by Gasteiger charge is 2.17. The molecule has 2 aromatic carbocycles. The van der Waals surface area contributed by atoms with E-state index in [0.29, 0.717) is 6.54 Å². The van der Waals surface area contributed by atoms with Crippen LogP contribution < -0.4 is 5.32 Å². The third-order valence-corrected chi connectivity index (χ3v) is 5.75. The number of benzene rings is 2. The molecule has 0 saturated heterocycles. The van der Waals surface area contributed by atoms with Crippen molar-refractivity contribution in [3.8, 4) is 0 Å². The van der Waals surface area contributed by atoms with Gasteiger partial charge in [-0.15, -0.1) is 11.8 Å². The Bertz CT molecular complexity index is 714. The van der Waals surface area contributed by atoms with Crippen molar-refractivity contribution in [3.63, 3.8) is 0 Å². The molecule has 1 aliphatic heterocycles. The lowest BCUT2D eigenvalue weighted by molar-refractivity contribution is -0.120. The van der Waals surface area contributed by atoms with Crippen LogP contribution in [0.1, 0.15) is 23.6 Å². The predicted molar refractivity (Wildman–Crippen MR) is 105 cm³/mol. The molecular weight excluding hydrogens is 328 g/mol. The van der Waals surface area contributed by atoms with E-state index in [1.165, 1.54) is 16.7 Å². The van der Waals surface area contributed by atoms with Crippen LogP contribution in [0.3, 0.4) is 0 Å². The van der Waals surface area contributed by atoms with Crippen molar-refractivity contribution in [2.75, 3.05) is 19.6 Å².